The SMILES string of the molecule is COc1cccc(OCCC(=O)N(C)N)c1OC. The molecule has 0 heterocycles. The van der Waals surface area contributed by atoms with E-state index in [4.69, 9.17) is 20.1 Å². The summed E-state index contributed by atoms with van der Waals surface area (Å²) in [5.74, 6) is 6.72. The van der Waals surface area contributed by atoms with Gasteiger partial charge in [-0.2, -0.15) is 0 Å². The van der Waals surface area contributed by atoms with Gasteiger partial charge in [-0.15, -0.1) is 0 Å². The Bertz CT molecular complexity index is 407. The number of nitrogens with zero attached hydrogens (tertiary/aromatic N) is 1. The first-order chi connectivity index (χ1) is 8.60. The summed E-state index contributed by atoms with van der Waals surface area (Å²) in [4.78, 5) is 11.3. The van der Waals surface area contributed by atoms with Crippen LogP contribution in [0.25, 0.3) is 0 Å². The second kappa shape index (κ2) is 6.70. The molecule has 0 aliphatic heterocycles. The molecule has 2 N–H and O–H groups in total. The molecule has 1 aromatic carbocycles. The maximum atomic E-state index is 11.3. The molecule has 0 atom stereocenters. The molecule has 0 aliphatic carbocycles. The van der Waals surface area contributed by atoms with E-state index in [0.29, 0.717) is 17.2 Å². The standard InChI is InChI=1S/C12H18N2O4/c1-14(13)11(15)7-8-18-10-6-4-5-9(16-2)12(10)17-3/h4-6H,7-8,13H2,1-3H3. The molecular formula is C12H18N2O4. The summed E-state index contributed by atoms with van der Waals surface area (Å²) in [6, 6.07) is 5.30. The average Bonchev–Trinajstić information content (AvgIpc) is 2.37. The number of amides is 1. The van der Waals surface area contributed by atoms with Gasteiger partial charge in [-0.3, -0.25) is 9.80 Å². The summed E-state index contributed by atoms with van der Waals surface area (Å²) in [5, 5.41) is 1.03. The van der Waals surface area contributed by atoms with Crippen LogP contribution >= 0.6 is 0 Å². The van der Waals surface area contributed by atoms with E-state index in [-0.39, 0.29) is 18.9 Å². The quantitative estimate of drug-likeness (QED) is 0.462. The van der Waals surface area contributed by atoms with Gasteiger partial charge in [0.2, 0.25) is 11.7 Å². The van der Waals surface area contributed by atoms with Gasteiger partial charge in [0, 0.05) is 7.05 Å². The van der Waals surface area contributed by atoms with Gasteiger partial charge in [-0.05, 0) is 12.1 Å². The number of carbonyl (C=O) groups is 1. The van der Waals surface area contributed by atoms with E-state index in [9.17, 15) is 4.79 Å². The fourth-order valence-corrected chi connectivity index (χ4v) is 1.40. The largest absolute Gasteiger partial charge is 0.493 e. The number of para-hydroxylation sites is 1. The fourth-order valence-electron chi connectivity index (χ4n) is 1.40. The number of methoxy groups -OCH3 is 2. The van der Waals surface area contributed by atoms with Crippen LogP contribution in [0.5, 0.6) is 17.2 Å². The van der Waals surface area contributed by atoms with Crippen molar-refractivity contribution < 1.29 is 19.0 Å². The van der Waals surface area contributed by atoms with Crippen LogP contribution < -0.4 is 20.1 Å². The van der Waals surface area contributed by atoms with Crippen molar-refractivity contribution in [1.29, 1.82) is 0 Å². The van der Waals surface area contributed by atoms with Crippen molar-refractivity contribution in [3.05, 3.63) is 18.2 Å². The summed E-state index contributed by atoms with van der Waals surface area (Å²) in [6.45, 7) is 0.226. The van der Waals surface area contributed by atoms with Crippen LogP contribution in [0.1, 0.15) is 6.42 Å². The molecule has 100 valence electrons. The van der Waals surface area contributed by atoms with Crippen molar-refractivity contribution in [2.24, 2.45) is 5.84 Å². The second-order valence-electron chi connectivity index (χ2n) is 3.59. The third-order valence-corrected chi connectivity index (χ3v) is 2.33. The molecule has 0 spiro atoms. The Kier molecular flexibility index (Phi) is 5.26. The van der Waals surface area contributed by atoms with Crippen molar-refractivity contribution in [3.8, 4) is 17.2 Å². The molecule has 6 nitrogen and oxygen atoms in total. The highest BCUT2D eigenvalue weighted by Crippen LogP contribution is 2.36. The molecular weight excluding hydrogens is 236 g/mol. The monoisotopic (exact) mass is 254 g/mol. The van der Waals surface area contributed by atoms with E-state index in [0.717, 1.165) is 5.01 Å². The van der Waals surface area contributed by atoms with Crippen LogP contribution in [0.15, 0.2) is 18.2 Å². The molecule has 0 aromatic heterocycles. The number of hydrazine groups is 1. The molecule has 0 bridgehead atoms. The molecule has 1 aromatic rings. The topological polar surface area (TPSA) is 74.0 Å². The molecule has 18 heavy (non-hydrogen) atoms. The Hall–Kier alpha value is -1.95. The van der Waals surface area contributed by atoms with Gasteiger partial charge in [0.1, 0.15) is 0 Å². The molecule has 0 saturated carbocycles. The predicted molar refractivity (Wildman–Crippen MR) is 66.6 cm³/mol. The van der Waals surface area contributed by atoms with Gasteiger partial charge in [0.25, 0.3) is 0 Å². The van der Waals surface area contributed by atoms with Crippen molar-refractivity contribution in [2.45, 2.75) is 6.42 Å². The first-order valence-electron chi connectivity index (χ1n) is 5.45. The van der Waals surface area contributed by atoms with Crippen LogP contribution in [0.3, 0.4) is 0 Å². The van der Waals surface area contributed by atoms with Gasteiger partial charge in [0.15, 0.2) is 11.5 Å². The van der Waals surface area contributed by atoms with E-state index in [2.05, 4.69) is 0 Å². The summed E-state index contributed by atoms with van der Waals surface area (Å²) < 4.78 is 15.8. The number of hydrogen-bond donors (Lipinski definition) is 1. The van der Waals surface area contributed by atoms with Crippen molar-refractivity contribution >= 4 is 5.91 Å². The highest BCUT2D eigenvalue weighted by molar-refractivity contribution is 5.75. The summed E-state index contributed by atoms with van der Waals surface area (Å²) in [7, 11) is 4.58. The van der Waals surface area contributed by atoms with E-state index < -0.39 is 0 Å². The Balaban J connectivity index is 2.64. The summed E-state index contributed by atoms with van der Waals surface area (Å²) >= 11 is 0. The fraction of sp³-hybridized carbons (Fsp3) is 0.417. The van der Waals surface area contributed by atoms with Crippen LogP contribution in [0.4, 0.5) is 0 Å². The van der Waals surface area contributed by atoms with Gasteiger partial charge < -0.3 is 14.2 Å². The third-order valence-electron chi connectivity index (χ3n) is 2.33. The maximum absolute atomic E-state index is 11.3. The molecule has 0 fully saturated rings. The third kappa shape index (κ3) is 3.53. The van der Waals surface area contributed by atoms with E-state index in [1.807, 2.05) is 0 Å². The Morgan fingerprint density at radius 2 is 1.94 bits per heavy atom. The van der Waals surface area contributed by atoms with Gasteiger partial charge in [-0.1, -0.05) is 6.07 Å². The minimum atomic E-state index is -0.197. The van der Waals surface area contributed by atoms with E-state index in [1.165, 1.54) is 14.2 Å². The van der Waals surface area contributed by atoms with Gasteiger partial charge >= 0.3 is 0 Å². The van der Waals surface area contributed by atoms with Gasteiger partial charge in [0.05, 0.1) is 27.2 Å². The van der Waals surface area contributed by atoms with Crippen molar-refractivity contribution in [3.63, 3.8) is 0 Å². The molecule has 0 radical (unpaired) electrons. The Morgan fingerprint density at radius 1 is 1.28 bits per heavy atom. The van der Waals surface area contributed by atoms with Crippen LogP contribution in [-0.2, 0) is 4.79 Å². The highest BCUT2D eigenvalue weighted by Gasteiger charge is 2.11. The number of rotatable bonds is 6. The molecule has 1 amide bonds. The lowest BCUT2D eigenvalue weighted by atomic mass is 10.3. The minimum absolute atomic E-state index is 0.197. The summed E-state index contributed by atoms with van der Waals surface area (Å²) in [5.41, 5.74) is 0. The molecule has 0 unspecified atom stereocenters. The lowest BCUT2D eigenvalue weighted by Crippen LogP contribution is -2.33. The highest BCUT2D eigenvalue weighted by atomic mass is 16.5. The second-order valence-corrected chi connectivity index (χ2v) is 3.59. The number of benzene rings is 1. The van der Waals surface area contributed by atoms with Crippen LogP contribution in [-0.4, -0.2) is 38.8 Å². The number of hydrogen-bond acceptors (Lipinski definition) is 5. The van der Waals surface area contributed by atoms with Crippen LogP contribution in [0.2, 0.25) is 0 Å². The zero-order valence-electron chi connectivity index (χ0n) is 10.8. The van der Waals surface area contributed by atoms with Gasteiger partial charge in [-0.25, -0.2) is 5.84 Å². The Labute approximate surface area is 106 Å². The zero-order chi connectivity index (χ0) is 13.5. The van der Waals surface area contributed by atoms with Crippen molar-refractivity contribution in [2.75, 3.05) is 27.9 Å². The number of carbonyl (C=O) groups excluding carboxylic acids is 1. The zero-order valence-corrected chi connectivity index (χ0v) is 10.8. The van der Waals surface area contributed by atoms with E-state index in [1.54, 1.807) is 25.3 Å². The molecule has 0 saturated heterocycles. The van der Waals surface area contributed by atoms with Crippen molar-refractivity contribution in [1.82, 2.24) is 5.01 Å². The lowest BCUT2D eigenvalue weighted by Gasteiger charge is -2.14. The predicted octanol–water partition coefficient (Wildman–Crippen LogP) is 0.805. The Morgan fingerprint density at radius 3 is 2.50 bits per heavy atom. The normalized spacial score (nSPS) is 9.78. The average molecular weight is 254 g/mol. The first-order valence-corrected chi connectivity index (χ1v) is 5.45. The molecule has 1 rings (SSSR count). The minimum Gasteiger partial charge on any atom is -0.493 e. The van der Waals surface area contributed by atoms with E-state index >= 15 is 0 Å². The maximum Gasteiger partial charge on any atom is 0.239 e. The summed E-state index contributed by atoms with van der Waals surface area (Å²) in [6.07, 6.45) is 0.202. The lowest BCUT2D eigenvalue weighted by molar-refractivity contribution is -0.130. The van der Waals surface area contributed by atoms with Crippen LogP contribution in [0, 0.1) is 0 Å². The molecule has 6 heteroatoms. The first kappa shape index (κ1) is 14.1. The number of ether oxygens (including phenoxy) is 3. The smallest absolute Gasteiger partial charge is 0.239 e. The number of nitrogens with two attached hydrogens (primary N) is 1. The molecule has 0 aliphatic rings.